The number of allylic oxidation sites excluding steroid dienone is 1. The lowest BCUT2D eigenvalue weighted by atomic mass is 10.0. The second-order valence-corrected chi connectivity index (χ2v) is 4.35. The maximum absolute atomic E-state index is 13.7. The molecule has 0 aromatic heterocycles. The fraction of sp³-hybridized carbons (Fsp3) is 0.727. The average Bonchev–Trinajstić information content (AvgIpc) is 2.63. The molecule has 15 heavy (non-hydrogen) atoms. The summed E-state index contributed by atoms with van der Waals surface area (Å²) < 4.78 is 23.1. The van der Waals surface area contributed by atoms with E-state index >= 15 is 0 Å². The van der Waals surface area contributed by atoms with Crippen LogP contribution >= 0.6 is 0 Å². The van der Waals surface area contributed by atoms with Crippen LogP contribution in [0.15, 0.2) is 11.6 Å². The van der Waals surface area contributed by atoms with Crippen molar-refractivity contribution in [1.82, 2.24) is 0 Å². The Hall–Kier alpha value is -0.900. The monoisotopic (exact) mass is 216 g/mol. The van der Waals surface area contributed by atoms with Gasteiger partial charge in [-0.15, -0.1) is 0 Å². The number of esters is 1. The van der Waals surface area contributed by atoms with Gasteiger partial charge in [-0.1, -0.05) is 5.57 Å². The van der Waals surface area contributed by atoms with Crippen molar-refractivity contribution in [3.05, 3.63) is 11.6 Å². The van der Waals surface area contributed by atoms with Gasteiger partial charge >= 0.3 is 5.97 Å². The van der Waals surface area contributed by atoms with Crippen LogP contribution in [0.4, 0.5) is 4.39 Å². The van der Waals surface area contributed by atoms with Crippen molar-refractivity contribution in [3.63, 3.8) is 0 Å². The molecule has 1 aliphatic rings. The number of epoxide rings is 1. The number of ether oxygens (including phenoxy) is 2. The van der Waals surface area contributed by atoms with Gasteiger partial charge in [0.1, 0.15) is 5.60 Å². The number of carbonyl (C=O) groups is 1. The molecule has 1 aliphatic heterocycles. The van der Waals surface area contributed by atoms with Crippen molar-refractivity contribution < 1.29 is 18.7 Å². The van der Waals surface area contributed by atoms with Gasteiger partial charge in [-0.2, -0.15) is 0 Å². The molecule has 86 valence electrons. The summed E-state index contributed by atoms with van der Waals surface area (Å²) in [6, 6.07) is 0. The first-order chi connectivity index (χ1) is 6.81. The Kier molecular flexibility index (Phi) is 3.19. The minimum Gasteiger partial charge on any atom is -0.466 e. The molecule has 1 atom stereocenters. The molecule has 1 fully saturated rings. The molecular weight excluding hydrogens is 199 g/mol. The maximum Gasteiger partial charge on any atom is 0.330 e. The zero-order valence-corrected chi connectivity index (χ0v) is 9.59. The molecule has 1 heterocycles. The lowest BCUT2D eigenvalue weighted by Gasteiger charge is -2.05. The topological polar surface area (TPSA) is 38.8 Å². The van der Waals surface area contributed by atoms with E-state index in [0.29, 0.717) is 6.42 Å². The minimum absolute atomic E-state index is 0.277. The number of rotatable bonds is 4. The van der Waals surface area contributed by atoms with E-state index in [1.165, 1.54) is 13.2 Å². The van der Waals surface area contributed by atoms with Crippen molar-refractivity contribution in [2.24, 2.45) is 0 Å². The minimum atomic E-state index is -1.53. The molecule has 0 amide bonds. The first-order valence-corrected chi connectivity index (χ1v) is 4.95. The van der Waals surface area contributed by atoms with E-state index in [-0.39, 0.29) is 6.42 Å². The van der Waals surface area contributed by atoms with Crippen molar-refractivity contribution >= 4 is 5.97 Å². The van der Waals surface area contributed by atoms with Crippen LogP contribution in [0.2, 0.25) is 0 Å². The number of methoxy groups -OCH3 is 1. The second-order valence-electron chi connectivity index (χ2n) is 4.35. The molecule has 0 saturated carbocycles. The lowest BCUT2D eigenvalue weighted by Crippen LogP contribution is -2.14. The van der Waals surface area contributed by atoms with Gasteiger partial charge in [-0.3, -0.25) is 0 Å². The summed E-state index contributed by atoms with van der Waals surface area (Å²) in [4.78, 5) is 10.9. The molecule has 1 saturated heterocycles. The van der Waals surface area contributed by atoms with E-state index in [2.05, 4.69) is 4.74 Å². The summed E-state index contributed by atoms with van der Waals surface area (Å²) in [6.45, 7) is 5.20. The molecule has 0 radical (unpaired) electrons. The van der Waals surface area contributed by atoms with Crippen molar-refractivity contribution in [1.29, 1.82) is 0 Å². The molecule has 0 N–H and O–H groups in total. The van der Waals surface area contributed by atoms with Crippen LogP contribution in [0.25, 0.3) is 0 Å². The molecule has 1 unspecified atom stereocenters. The Bertz CT molecular complexity index is 296. The van der Waals surface area contributed by atoms with Crippen LogP contribution in [0.1, 0.15) is 33.6 Å². The number of halogens is 1. The van der Waals surface area contributed by atoms with Gasteiger partial charge in [-0.05, 0) is 27.2 Å². The fourth-order valence-electron chi connectivity index (χ4n) is 1.42. The van der Waals surface area contributed by atoms with Gasteiger partial charge in [0.2, 0.25) is 5.85 Å². The summed E-state index contributed by atoms with van der Waals surface area (Å²) >= 11 is 0. The van der Waals surface area contributed by atoms with Crippen LogP contribution in [-0.4, -0.2) is 24.5 Å². The van der Waals surface area contributed by atoms with Crippen molar-refractivity contribution in [2.75, 3.05) is 7.11 Å². The smallest absolute Gasteiger partial charge is 0.330 e. The van der Waals surface area contributed by atoms with E-state index in [1.807, 2.05) is 0 Å². The maximum atomic E-state index is 13.7. The molecule has 3 nitrogen and oxygen atoms in total. The van der Waals surface area contributed by atoms with Crippen molar-refractivity contribution in [2.45, 2.75) is 45.1 Å². The predicted octanol–water partition coefficient (Wildman–Crippen LogP) is 2.36. The first kappa shape index (κ1) is 12.2. The van der Waals surface area contributed by atoms with E-state index in [9.17, 15) is 9.18 Å². The van der Waals surface area contributed by atoms with Gasteiger partial charge in [0.15, 0.2) is 0 Å². The third kappa shape index (κ3) is 2.78. The number of hydrogen-bond acceptors (Lipinski definition) is 3. The largest absolute Gasteiger partial charge is 0.466 e. The zero-order chi connectivity index (χ0) is 11.7. The highest BCUT2D eigenvalue weighted by Gasteiger charge is 2.64. The van der Waals surface area contributed by atoms with Crippen molar-refractivity contribution in [3.8, 4) is 0 Å². The van der Waals surface area contributed by atoms with Gasteiger partial charge < -0.3 is 9.47 Å². The van der Waals surface area contributed by atoms with Crippen LogP contribution in [0.3, 0.4) is 0 Å². The Morgan fingerprint density at radius 3 is 2.47 bits per heavy atom. The molecule has 0 aromatic carbocycles. The van der Waals surface area contributed by atoms with E-state index in [1.54, 1.807) is 20.8 Å². The molecule has 1 rings (SSSR count). The van der Waals surface area contributed by atoms with Crippen LogP contribution in [0.5, 0.6) is 0 Å². The highest BCUT2D eigenvalue weighted by Crippen LogP contribution is 2.52. The SMILES string of the molecule is COC(=O)/C=C(\C)CCC1(F)OC1(C)C. The predicted molar refractivity (Wildman–Crippen MR) is 54.0 cm³/mol. The number of carbonyl (C=O) groups excluding carboxylic acids is 1. The van der Waals surface area contributed by atoms with Gasteiger partial charge in [0.05, 0.1) is 7.11 Å². The Morgan fingerprint density at radius 1 is 1.53 bits per heavy atom. The zero-order valence-electron chi connectivity index (χ0n) is 9.59. The van der Waals surface area contributed by atoms with E-state index in [4.69, 9.17) is 4.74 Å². The summed E-state index contributed by atoms with van der Waals surface area (Å²) in [5.74, 6) is -1.94. The Balaban J connectivity index is 2.39. The first-order valence-electron chi connectivity index (χ1n) is 4.95. The molecule has 0 bridgehead atoms. The van der Waals surface area contributed by atoms with Crippen LogP contribution in [-0.2, 0) is 14.3 Å². The van der Waals surface area contributed by atoms with Crippen LogP contribution < -0.4 is 0 Å². The Morgan fingerprint density at radius 2 is 2.07 bits per heavy atom. The lowest BCUT2D eigenvalue weighted by molar-refractivity contribution is -0.134. The Labute approximate surface area is 89.2 Å². The second kappa shape index (κ2) is 3.93. The summed E-state index contributed by atoms with van der Waals surface area (Å²) in [7, 11) is 1.32. The molecular formula is C11H17FO3. The standard InChI is InChI=1S/C11H17FO3/c1-8(7-9(13)14-4)5-6-11(12)10(2,3)15-11/h7H,5-6H2,1-4H3/b8-7+. The number of alkyl halides is 1. The van der Waals surface area contributed by atoms with Gasteiger partial charge in [0.25, 0.3) is 0 Å². The third-order valence-electron chi connectivity index (χ3n) is 2.68. The quantitative estimate of drug-likeness (QED) is 0.411. The highest BCUT2D eigenvalue weighted by molar-refractivity contribution is 5.82. The normalized spacial score (nSPS) is 28.7. The van der Waals surface area contributed by atoms with E-state index < -0.39 is 17.4 Å². The van der Waals surface area contributed by atoms with Gasteiger partial charge in [-0.25, -0.2) is 9.18 Å². The molecule has 0 aliphatic carbocycles. The summed E-state index contributed by atoms with van der Waals surface area (Å²) in [5, 5.41) is 0. The van der Waals surface area contributed by atoms with Gasteiger partial charge in [0, 0.05) is 12.5 Å². The highest BCUT2D eigenvalue weighted by atomic mass is 19.2. The number of hydrogen-bond donors (Lipinski definition) is 0. The van der Waals surface area contributed by atoms with Crippen LogP contribution in [0, 0.1) is 0 Å². The summed E-state index contributed by atoms with van der Waals surface area (Å²) in [6.07, 6.45) is 2.15. The average molecular weight is 216 g/mol. The third-order valence-corrected chi connectivity index (χ3v) is 2.68. The fourth-order valence-corrected chi connectivity index (χ4v) is 1.42. The molecule has 0 aromatic rings. The van der Waals surface area contributed by atoms with E-state index in [0.717, 1.165) is 5.57 Å². The molecule has 0 spiro atoms. The molecule has 4 heteroatoms. The summed E-state index contributed by atoms with van der Waals surface area (Å²) in [5.41, 5.74) is 0.114.